The summed E-state index contributed by atoms with van der Waals surface area (Å²) in [6.45, 7) is 0. The normalized spacial score (nSPS) is 11.5. The van der Waals surface area contributed by atoms with Crippen LogP contribution in [-0.2, 0) is 0 Å². The van der Waals surface area contributed by atoms with E-state index in [0.717, 1.165) is 61.5 Å². The van der Waals surface area contributed by atoms with Gasteiger partial charge in [0.25, 0.3) is 0 Å². The predicted molar refractivity (Wildman–Crippen MR) is 162 cm³/mol. The summed E-state index contributed by atoms with van der Waals surface area (Å²) in [5, 5.41) is 2.31. The van der Waals surface area contributed by atoms with E-state index in [1.165, 1.54) is 5.39 Å². The lowest BCUT2D eigenvalue weighted by Gasteiger charge is -2.10. The molecule has 0 radical (unpaired) electrons. The topological polar surface area (TPSA) is 48.5 Å². The van der Waals surface area contributed by atoms with Gasteiger partial charge in [0.05, 0.1) is 22.1 Å². The largest absolute Gasteiger partial charge is 0.309 e. The molecule has 0 saturated heterocycles. The van der Waals surface area contributed by atoms with Gasteiger partial charge in [-0.2, -0.15) is 0 Å². The van der Waals surface area contributed by atoms with Crippen LogP contribution < -0.4 is 0 Å². The first-order valence-corrected chi connectivity index (χ1v) is 13.3. The van der Waals surface area contributed by atoms with E-state index in [1.807, 2.05) is 36.7 Å². The summed E-state index contributed by atoms with van der Waals surface area (Å²) in [5.41, 5.74) is 8.56. The molecule has 8 aromatic rings. The van der Waals surface area contributed by atoms with Crippen LogP contribution in [0.1, 0.15) is 0 Å². The molecular weight excluding hydrogens is 490 g/mol. The van der Waals surface area contributed by atoms with Crippen molar-refractivity contribution < 1.29 is 0 Å². The number of imidazole rings is 1. The lowest BCUT2D eigenvalue weighted by Crippen LogP contribution is -2.00. The van der Waals surface area contributed by atoms with Crippen molar-refractivity contribution in [2.24, 2.45) is 0 Å². The highest BCUT2D eigenvalue weighted by Gasteiger charge is 2.21. The maximum atomic E-state index is 5.37. The van der Waals surface area contributed by atoms with Crippen LogP contribution >= 0.6 is 0 Å². The van der Waals surface area contributed by atoms with Gasteiger partial charge in [-0.15, -0.1) is 0 Å². The Morgan fingerprint density at radius 2 is 1.32 bits per heavy atom. The average molecular weight is 514 g/mol. The number of hydrogen-bond acceptors (Lipinski definition) is 3. The zero-order valence-corrected chi connectivity index (χ0v) is 21.5. The molecule has 0 aliphatic carbocycles. The van der Waals surface area contributed by atoms with E-state index >= 15 is 0 Å². The minimum atomic E-state index is 0.831. The number of rotatable bonds is 4. The summed E-state index contributed by atoms with van der Waals surface area (Å²) in [6.07, 6.45) is 5.52. The van der Waals surface area contributed by atoms with E-state index in [9.17, 15) is 0 Å². The summed E-state index contributed by atoms with van der Waals surface area (Å²) >= 11 is 0. The molecule has 0 fully saturated rings. The van der Waals surface area contributed by atoms with Crippen LogP contribution in [0.4, 0.5) is 0 Å². The Labute approximate surface area is 230 Å². The molecule has 0 saturated carbocycles. The smallest absolute Gasteiger partial charge is 0.146 e. The van der Waals surface area contributed by atoms with Crippen LogP contribution in [0.15, 0.2) is 140 Å². The fourth-order valence-corrected chi connectivity index (χ4v) is 5.73. The van der Waals surface area contributed by atoms with Gasteiger partial charge in [-0.1, -0.05) is 66.7 Å². The molecule has 188 valence electrons. The van der Waals surface area contributed by atoms with Gasteiger partial charge in [-0.25, -0.2) is 9.97 Å². The van der Waals surface area contributed by atoms with Crippen LogP contribution in [0.3, 0.4) is 0 Å². The van der Waals surface area contributed by atoms with E-state index in [-0.39, 0.29) is 0 Å². The lowest BCUT2D eigenvalue weighted by molar-refractivity contribution is 1.03. The van der Waals surface area contributed by atoms with Crippen molar-refractivity contribution in [2.45, 2.75) is 0 Å². The summed E-state index contributed by atoms with van der Waals surface area (Å²) in [4.78, 5) is 14.4. The van der Waals surface area contributed by atoms with Crippen molar-refractivity contribution in [3.63, 3.8) is 0 Å². The molecule has 0 amide bonds. The van der Waals surface area contributed by atoms with Crippen LogP contribution in [0.25, 0.3) is 66.9 Å². The molecule has 0 spiro atoms. The van der Waals surface area contributed by atoms with Gasteiger partial charge in [-0.05, 0) is 60.2 Å². The minimum absolute atomic E-state index is 0.831. The van der Waals surface area contributed by atoms with Gasteiger partial charge >= 0.3 is 0 Å². The standard InChI is InChI=1S/C35H23N5/c1-2-13-27(14-3-1)39-29-16-5-4-15-28(29)33-30(39)18-19-31-34(33)38-35(40(31)32-17-6-7-21-37-32)25-11-8-10-24(22-25)26-12-9-20-36-23-26/h1-23H. The summed E-state index contributed by atoms with van der Waals surface area (Å²) in [7, 11) is 0. The van der Waals surface area contributed by atoms with Crippen molar-refractivity contribution in [3.05, 3.63) is 140 Å². The van der Waals surface area contributed by atoms with Gasteiger partial charge in [0.15, 0.2) is 0 Å². The van der Waals surface area contributed by atoms with Gasteiger partial charge in [0, 0.05) is 46.2 Å². The molecule has 5 nitrogen and oxygen atoms in total. The van der Waals surface area contributed by atoms with Gasteiger partial charge in [-0.3, -0.25) is 9.55 Å². The minimum Gasteiger partial charge on any atom is -0.309 e. The Morgan fingerprint density at radius 1 is 0.525 bits per heavy atom. The summed E-state index contributed by atoms with van der Waals surface area (Å²) in [5.74, 6) is 1.68. The Bertz CT molecular complexity index is 2140. The first kappa shape index (κ1) is 22.4. The molecule has 4 aromatic heterocycles. The molecule has 0 unspecified atom stereocenters. The Balaban J connectivity index is 1.47. The molecule has 4 heterocycles. The number of nitrogens with zero attached hydrogens (tertiary/aromatic N) is 5. The highest BCUT2D eigenvalue weighted by Crippen LogP contribution is 2.39. The zero-order valence-electron chi connectivity index (χ0n) is 21.5. The van der Waals surface area contributed by atoms with Gasteiger partial charge in [0.2, 0.25) is 0 Å². The third-order valence-corrected chi connectivity index (χ3v) is 7.47. The molecule has 0 aliphatic rings. The molecule has 0 atom stereocenters. The van der Waals surface area contributed by atoms with Gasteiger partial charge < -0.3 is 4.57 Å². The average Bonchev–Trinajstić information content (AvgIpc) is 3.59. The Kier molecular flexibility index (Phi) is 5.07. The molecule has 8 rings (SSSR count). The number of benzene rings is 4. The first-order chi connectivity index (χ1) is 19.9. The van der Waals surface area contributed by atoms with Crippen LogP contribution in [-0.4, -0.2) is 24.1 Å². The molecule has 0 N–H and O–H groups in total. The summed E-state index contributed by atoms with van der Waals surface area (Å²) in [6, 6.07) is 42.0. The highest BCUT2D eigenvalue weighted by molar-refractivity contribution is 6.20. The zero-order chi connectivity index (χ0) is 26.5. The van der Waals surface area contributed by atoms with Crippen molar-refractivity contribution in [1.82, 2.24) is 24.1 Å². The number of aromatic nitrogens is 5. The second-order valence-electron chi connectivity index (χ2n) is 9.80. The second kappa shape index (κ2) is 9.03. The molecule has 0 aliphatic heterocycles. The maximum absolute atomic E-state index is 5.37. The monoisotopic (exact) mass is 513 g/mol. The third kappa shape index (κ3) is 3.45. The molecule has 0 bridgehead atoms. The lowest BCUT2D eigenvalue weighted by atomic mass is 10.0. The van der Waals surface area contributed by atoms with Crippen molar-refractivity contribution in [1.29, 1.82) is 0 Å². The van der Waals surface area contributed by atoms with E-state index < -0.39 is 0 Å². The number of pyridine rings is 2. The predicted octanol–water partition coefficient (Wildman–Crippen LogP) is 8.25. The fourth-order valence-electron chi connectivity index (χ4n) is 5.73. The van der Waals surface area contributed by atoms with Crippen molar-refractivity contribution in [3.8, 4) is 34.0 Å². The Morgan fingerprint density at radius 3 is 2.17 bits per heavy atom. The molecular formula is C35H23N5. The van der Waals surface area contributed by atoms with E-state index in [4.69, 9.17) is 9.97 Å². The first-order valence-electron chi connectivity index (χ1n) is 13.3. The van der Waals surface area contributed by atoms with Crippen LogP contribution in [0.2, 0.25) is 0 Å². The maximum Gasteiger partial charge on any atom is 0.146 e. The van der Waals surface area contributed by atoms with E-state index in [0.29, 0.717) is 0 Å². The van der Waals surface area contributed by atoms with E-state index in [2.05, 4.69) is 111 Å². The molecule has 4 aromatic carbocycles. The van der Waals surface area contributed by atoms with Gasteiger partial charge in [0.1, 0.15) is 11.6 Å². The Hall–Kier alpha value is -5.55. The number of fused-ring (bicyclic) bond motifs is 5. The van der Waals surface area contributed by atoms with Crippen LogP contribution in [0.5, 0.6) is 0 Å². The number of hydrogen-bond donors (Lipinski definition) is 0. The highest BCUT2D eigenvalue weighted by atomic mass is 15.1. The molecule has 40 heavy (non-hydrogen) atoms. The quantitative estimate of drug-likeness (QED) is 0.238. The fraction of sp³-hybridized carbons (Fsp3) is 0. The molecule has 5 heteroatoms. The third-order valence-electron chi connectivity index (χ3n) is 7.47. The van der Waals surface area contributed by atoms with Crippen molar-refractivity contribution in [2.75, 3.05) is 0 Å². The SMILES string of the molecule is c1ccc(-n2c3ccccc3c3c4nc(-c5cccc(-c6cccnc6)c5)n(-c5ccccn5)c4ccc32)cc1. The number of para-hydroxylation sites is 2. The van der Waals surface area contributed by atoms with E-state index in [1.54, 1.807) is 6.20 Å². The summed E-state index contributed by atoms with van der Waals surface area (Å²) < 4.78 is 4.50. The second-order valence-corrected chi connectivity index (χ2v) is 9.80. The van der Waals surface area contributed by atoms with Crippen molar-refractivity contribution >= 4 is 32.8 Å². The van der Waals surface area contributed by atoms with Crippen LogP contribution in [0, 0.1) is 0 Å².